The third-order valence-electron chi connectivity index (χ3n) is 5.03. The van der Waals surface area contributed by atoms with Crippen molar-refractivity contribution in [2.75, 3.05) is 11.9 Å². The number of phenols is 1. The van der Waals surface area contributed by atoms with Crippen LogP contribution in [0, 0.1) is 19.3 Å². The molecule has 0 bridgehead atoms. The minimum atomic E-state index is 0.193. The average molecular weight is 349 g/mol. The fourth-order valence-electron chi connectivity index (χ4n) is 3.22. The number of nitrogens with zero attached hydrogens (tertiary/aromatic N) is 4. The van der Waals surface area contributed by atoms with Crippen LogP contribution < -0.4 is 5.32 Å². The van der Waals surface area contributed by atoms with Crippen LogP contribution in [0.2, 0.25) is 0 Å². The maximum Gasteiger partial charge on any atom is 0.165 e. The molecule has 0 amide bonds. The fourth-order valence-corrected chi connectivity index (χ4v) is 3.22. The third-order valence-corrected chi connectivity index (χ3v) is 5.03. The SMILES string of the molecule is Cc1cc(NCC2(Cn3ccnc3C)CC2)nc(-c2ccccc2O)n1. The lowest BCUT2D eigenvalue weighted by molar-refractivity contribution is 0.438. The number of hydrogen-bond donors (Lipinski definition) is 2. The summed E-state index contributed by atoms with van der Waals surface area (Å²) < 4.78 is 2.22. The fraction of sp³-hybridized carbons (Fsp3) is 0.350. The summed E-state index contributed by atoms with van der Waals surface area (Å²) >= 11 is 0. The monoisotopic (exact) mass is 349 g/mol. The summed E-state index contributed by atoms with van der Waals surface area (Å²) in [5.41, 5.74) is 1.78. The first-order chi connectivity index (χ1) is 12.5. The molecule has 1 aliphatic carbocycles. The zero-order valence-electron chi connectivity index (χ0n) is 15.1. The molecular weight excluding hydrogens is 326 g/mol. The molecule has 6 nitrogen and oxygen atoms in total. The summed E-state index contributed by atoms with van der Waals surface area (Å²) in [6, 6.07) is 9.10. The molecule has 0 spiro atoms. The van der Waals surface area contributed by atoms with Gasteiger partial charge in [0.05, 0.1) is 5.56 Å². The molecule has 1 aliphatic rings. The van der Waals surface area contributed by atoms with Gasteiger partial charge in [0.1, 0.15) is 17.4 Å². The average Bonchev–Trinajstić information content (AvgIpc) is 3.28. The third kappa shape index (κ3) is 3.40. The predicted molar refractivity (Wildman–Crippen MR) is 101 cm³/mol. The number of aromatic nitrogens is 4. The van der Waals surface area contributed by atoms with E-state index in [1.807, 2.05) is 44.4 Å². The van der Waals surface area contributed by atoms with Gasteiger partial charge in [0.15, 0.2) is 5.82 Å². The molecule has 2 N–H and O–H groups in total. The largest absolute Gasteiger partial charge is 0.507 e. The molecule has 0 saturated heterocycles. The van der Waals surface area contributed by atoms with E-state index in [4.69, 9.17) is 0 Å². The maximum atomic E-state index is 10.1. The normalized spacial score (nSPS) is 15.0. The molecule has 0 unspecified atom stereocenters. The van der Waals surface area contributed by atoms with E-state index in [-0.39, 0.29) is 11.2 Å². The molecule has 2 heterocycles. The molecule has 0 radical (unpaired) electrons. The highest BCUT2D eigenvalue weighted by molar-refractivity contribution is 5.64. The van der Waals surface area contributed by atoms with Crippen LogP contribution in [-0.2, 0) is 6.54 Å². The van der Waals surface area contributed by atoms with Gasteiger partial charge in [0.25, 0.3) is 0 Å². The van der Waals surface area contributed by atoms with Crippen molar-refractivity contribution >= 4 is 5.82 Å². The molecule has 6 heteroatoms. The van der Waals surface area contributed by atoms with Gasteiger partial charge in [0.2, 0.25) is 0 Å². The van der Waals surface area contributed by atoms with E-state index in [9.17, 15) is 5.11 Å². The number of aryl methyl sites for hydroxylation is 2. The molecular formula is C20H23N5O. The minimum Gasteiger partial charge on any atom is -0.507 e. The summed E-state index contributed by atoms with van der Waals surface area (Å²) in [7, 11) is 0. The second-order valence-electron chi connectivity index (χ2n) is 7.19. The van der Waals surface area contributed by atoms with Gasteiger partial charge in [-0.25, -0.2) is 15.0 Å². The molecule has 1 fully saturated rings. The van der Waals surface area contributed by atoms with Crippen LogP contribution in [0.3, 0.4) is 0 Å². The van der Waals surface area contributed by atoms with Crippen LogP contribution in [0.25, 0.3) is 11.4 Å². The molecule has 1 aromatic carbocycles. The molecule has 0 atom stereocenters. The number of aromatic hydroxyl groups is 1. The van der Waals surface area contributed by atoms with E-state index in [2.05, 4.69) is 24.8 Å². The molecule has 1 saturated carbocycles. The van der Waals surface area contributed by atoms with Crippen molar-refractivity contribution in [1.29, 1.82) is 0 Å². The lowest BCUT2D eigenvalue weighted by atomic mass is 10.1. The Morgan fingerprint density at radius 2 is 2.00 bits per heavy atom. The van der Waals surface area contributed by atoms with Gasteiger partial charge in [-0.3, -0.25) is 0 Å². The van der Waals surface area contributed by atoms with Gasteiger partial charge in [0, 0.05) is 42.7 Å². The number of benzene rings is 1. The molecule has 134 valence electrons. The molecule has 26 heavy (non-hydrogen) atoms. The Kier molecular flexibility index (Phi) is 4.11. The first kappa shape index (κ1) is 16.6. The van der Waals surface area contributed by atoms with Crippen LogP contribution in [0.15, 0.2) is 42.7 Å². The van der Waals surface area contributed by atoms with Crippen LogP contribution in [0.1, 0.15) is 24.4 Å². The van der Waals surface area contributed by atoms with Crippen molar-refractivity contribution in [3.8, 4) is 17.1 Å². The Morgan fingerprint density at radius 1 is 1.19 bits per heavy atom. The van der Waals surface area contributed by atoms with Crippen LogP contribution in [0.5, 0.6) is 5.75 Å². The van der Waals surface area contributed by atoms with Gasteiger partial charge in [-0.1, -0.05) is 12.1 Å². The van der Waals surface area contributed by atoms with Gasteiger partial charge >= 0.3 is 0 Å². The highest BCUT2D eigenvalue weighted by Crippen LogP contribution is 2.47. The summed E-state index contributed by atoms with van der Waals surface area (Å²) in [6.45, 7) is 5.82. The molecule has 2 aromatic heterocycles. The summed E-state index contributed by atoms with van der Waals surface area (Å²) in [4.78, 5) is 13.4. The van der Waals surface area contributed by atoms with Crippen LogP contribution in [0.4, 0.5) is 5.82 Å². The maximum absolute atomic E-state index is 10.1. The molecule has 4 rings (SSSR count). The zero-order chi connectivity index (χ0) is 18.1. The number of nitrogens with one attached hydrogen (secondary N) is 1. The van der Waals surface area contributed by atoms with E-state index in [1.54, 1.807) is 12.1 Å². The highest BCUT2D eigenvalue weighted by Gasteiger charge is 2.43. The van der Waals surface area contributed by atoms with Gasteiger partial charge in [-0.05, 0) is 38.8 Å². The molecule has 0 aliphatic heterocycles. The van der Waals surface area contributed by atoms with Crippen molar-refractivity contribution in [3.05, 3.63) is 54.2 Å². The highest BCUT2D eigenvalue weighted by atomic mass is 16.3. The second kappa shape index (κ2) is 6.44. The summed E-state index contributed by atoms with van der Waals surface area (Å²) in [5.74, 6) is 2.58. The minimum absolute atomic E-state index is 0.193. The predicted octanol–water partition coefficient (Wildman–Crippen LogP) is 3.55. The second-order valence-corrected chi connectivity index (χ2v) is 7.19. The molecule has 3 aromatic rings. The quantitative estimate of drug-likeness (QED) is 0.712. The number of phenolic OH excluding ortho intramolecular Hbond substituents is 1. The summed E-state index contributed by atoms with van der Waals surface area (Å²) in [6.07, 6.45) is 6.30. The number of para-hydroxylation sites is 1. The Hall–Kier alpha value is -2.89. The lowest BCUT2D eigenvalue weighted by Crippen LogP contribution is -2.22. The lowest BCUT2D eigenvalue weighted by Gasteiger charge is -2.18. The van der Waals surface area contributed by atoms with E-state index in [1.165, 1.54) is 12.8 Å². The first-order valence-electron chi connectivity index (χ1n) is 8.90. The van der Waals surface area contributed by atoms with Crippen molar-refractivity contribution in [2.45, 2.75) is 33.2 Å². The standard InChI is InChI=1S/C20H23N5O/c1-14-11-18(24-19(23-14)16-5-3-4-6-17(16)26)22-12-20(7-8-20)13-25-10-9-21-15(25)2/h3-6,9-11,26H,7-8,12-13H2,1-2H3,(H,22,23,24). The smallest absolute Gasteiger partial charge is 0.165 e. The van der Waals surface area contributed by atoms with Crippen LogP contribution in [-0.4, -0.2) is 31.2 Å². The van der Waals surface area contributed by atoms with E-state index in [0.29, 0.717) is 11.4 Å². The zero-order valence-corrected chi connectivity index (χ0v) is 15.1. The Balaban J connectivity index is 1.50. The van der Waals surface area contributed by atoms with Crippen molar-refractivity contribution < 1.29 is 5.11 Å². The van der Waals surface area contributed by atoms with E-state index in [0.717, 1.165) is 30.4 Å². The first-order valence-corrected chi connectivity index (χ1v) is 8.90. The Morgan fingerprint density at radius 3 is 2.69 bits per heavy atom. The van der Waals surface area contributed by atoms with E-state index >= 15 is 0 Å². The number of anilines is 1. The van der Waals surface area contributed by atoms with Crippen LogP contribution >= 0.6 is 0 Å². The Labute approximate surface area is 153 Å². The number of imidazole rings is 1. The number of rotatable bonds is 6. The van der Waals surface area contributed by atoms with Crippen molar-refractivity contribution in [2.24, 2.45) is 5.41 Å². The topological polar surface area (TPSA) is 75.9 Å². The van der Waals surface area contributed by atoms with Crippen molar-refractivity contribution in [3.63, 3.8) is 0 Å². The summed E-state index contributed by atoms with van der Waals surface area (Å²) in [5, 5.41) is 13.6. The van der Waals surface area contributed by atoms with Gasteiger partial charge in [-0.2, -0.15) is 0 Å². The Bertz CT molecular complexity index is 929. The number of hydrogen-bond acceptors (Lipinski definition) is 5. The van der Waals surface area contributed by atoms with Crippen molar-refractivity contribution in [1.82, 2.24) is 19.5 Å². The van der Waals surface area contributed by atoms with E-state index < -0.39 is 0 Å². The van der Waals surface area contributed by atoms with Gasteiger partial charge in [-0.15, -0.1) is 0 Å². The van der Waals surface area contributed by atoms with Gasteiger partial charge < -0.3 is 15.0 Å².